The highest BCUT2D eigenvalue weighted by atomic mass is 16.6. The molecule has 0 N–H and O–H groups in total. The Morgan fingerprint density at radius 2 is 2.18 bits per heavy atom. The Bertz CT molecular complexity index is 567. The summed E-state index contributed by atoms with van der Waals surface area (Å²) in [6.07, 6.45) is 3.44. The number of ether oxygens (including phenoxy) is 2. The van der Waals surface area contributed by atoms with Gasteiger partial charge in [0.05, 0.1) is 24.9 Å². The van der Waals surface area contributed by atoms with Gasteiger partial charge in [0.15, 0.2) is 5.60 Å². The number of pyridine rings is 1. The first-order valence-corrected chi connectivity index (χ1v) is 5.51. The van der Waals surface area contributed by atoms with Crippen LogP contribution >= 0.6 is 0 Å². The molecule has 2 aromatic heterocycles. The first kappa shape index (κ1) is 10.4. The molecule has 5 nitrogen and oxygen atoms in total. The van der Waals surface area contributed by atoms with E-state index < -0.39 is 0 Å². The summed E-state index contributed by atoms with van der Waals surface area (Å²) in [4.78, 5) is 12.8. The van der Waals surface area contributed by atoms with Gasteiger partial charge in [-0.1, -0.05) is 0 Å². The number of hydrogen-bond acceptors (Lipinski definition) is 5. The van der Waals surface area contributed by atoms with E-state index in [2.05, 4.69) is 15.0 Å². The lowest BCUT2D eigenvalue weighted by Gasteiger charge is -2.36. The number of rotatable bonds is 2. The van der Waals surface area contributed by atoms with Gasteiger partial charge in [-0.3, -0.25) is 4.98 Å². The maximum atomic E-state index is 5.73. The second-order valence-electron chi connectivity index (χ2n) is 4.56. The van der Waals surface area contributed by atoms with E-state index in [-0.39, 0.29) is 5.60 Å². The topological polar surface area (TPSA) is 57.1 Å². The van der Waals surface area contributed by atoms with E-state index in [0.717, 1.165) is 16.6 Å². The molecule has 0 aromatic carbocycles. The van der Waals surface area contributed by atoms with Gasteiger partial charge in [-0.15, -0.1) is 0 Å². The third kappa shape index (κ3) is 1.82. The average molecular weight is 231 g/mol. The summed E-state index contributed by atoms with van der Waals surface area (Å²) in [6.45, 7) is 5.15. The molecule has 0 saturated carbocycles. The predicted octanol–water partition coefficient (Wildman–Crippen LogP) is 1.50. The standard InChI is InChI=1S/C12H13N3O2/c1-8-3-4-13-9-5-14-11(15-10(8)9)17-12(2)6-16-7-12/h3-5H,6-7H2,1-2H3. The van der Waals surface area contributed by atoms with Crippen LogP contribution in [0.5, 0.6) is 6.01 Å². The normalized spacial score (nSPS) is 17.8. The van der Waals surface area contributed by atoms with E-state index in [0.29, 0.717) is 19.2 Å². The van der Waals surface area contributed by atoms with E-state index >= 15 is 0 Å². The Morgan fingerprint density at radius 3 is 2.88 bits per heavy atom. The van der Waals surface area contributed by atoms with E-state index in [1.54, 1.807) is 12.4 Å². The van der Waals surface area contributed by atoms with Crippen molar-refractivity contribution in [1.82, 2.24) is 15.0 Å². The minimum Gasteiger partial charge on any atom is -0.452 e. The number of hydrogen-bond donors (Lipinski definition) is 0. The summed E-state index contributed by atoms with van der Waals surface area (Å²) >= 11 is 0. The first-order chi connectivity index (χ1) is 8.16. The summed E-state index contributed by atoms with van der Waals surface area (Å²) in [5, 5.41) is 0. The van der Waals surface area contributed by atoms with Crippen LogP contribution in [0.15, 0.2) is 18.5 Å². The minimum atomic E-state index is -0.288. The first-order valence-electron chi connectivity index (χ1n) is 5.51. The fraction of sp³-hybridized carbons (Fsp3) is 0.417. The van der Waals surface area contributed by atoms with E-state index in [4.69, 9.17) is 9.47 Å². The molecule has 0 amide bonds. The quantitative estimate of drug-likeness (QED) is 0.784. The number of aromatic nitrogens is 3. The molecule has 17 heavy (non-hydrogen) atoms. The van der Waals surface area contributed by atoms with Crippen molar-refractivity contribution in [3.05, 3.63) is 24.0 Å². The maximum Gasteiger partial charge on any atom is 0.317 e. The molecule has 1 saturated heterocycles. The van der Waals surface area contributed by atoms with Crippen molar-refractivity contribution < 1.29 is 9.47 Å². The lowest BCUT2D eigenvalue weighted by molar-refractivity contribution is -0.153. The van der Waals surface area contributed by atoms with Crippen molar-refractivity contribution in [1.29, 1.82) is 0 Å². The van der Waals surface area contributed by atoms with Gasteiger partial charge in [-0.25, -0.2) is 4.98 Å². The van der Waals surface area contributed by atoms with Gasteiger partial charge in [-0.05, 0) is 25.5 Å². The second kappa shape index (κ2) is 3.63. The highest BCUT2D eigenvalue weighted by Gasteiger charge is 2.36. The van der Waals surface area contributed by atoms with Crippen LogP contribution < -0.4 is 4.74 Å². The van der Waals surface area contributed by atoms with Crippen LogP contribution in [-0.4, -0.2) is 33.8 Å². The Balaban J connectivity index is 1.98. The molecule has 0 aliphatic carbocycles. The van der Waals surface area contributed by atoms with Gasteiger partial charge in [0.25, 0.3) is 0 Å². The zero-order valence-corrected chi connectivity index (χ0v) is 9.80. The van der Waals surface area contributed by atoms with Crippen LogP contribution in [0, 0.1) is 6.92 Å². The molecular weight excluding hydrogens is 218 g/mol. The fourth-order valence-electron chi connectivity index (χ4n) is 1.77. The van der Waals surface area contributed by atoms with E-state index in [1.807, 2.05) is 19.9 Å². The molecule has 1 fully saturated rings. The lowest BCUT2D eigenvalue weighted by Crippen LogP contribution is -2.51. The van der Waals surface area contributed by atoms with Gasteiger partial charge < -0.3 is 9.47 Å². The SMILES string of the molecule is Cc1ccnc2cnc(OC3(C)COC3)nc12. The Morgan fingerprint density at radius 1 is 1.35 bits per heavy atom. The Kier molecular flexibility index (Phi) is 2.22. The van der Waals surface area contributed by atoms with E-state index in [9.17, 15) is 0 Å². The van der Waals surface area contributed by atoms with Crippen LogP contribution in [0.3, 0.4) is 0 Å². The minimum absolute atomic E-state index is 0.288. The van der Waals surface area contributed by atoms with Crippen molar-refractivity contribution >= 4 is 11.0 Å². The molecule has 2 aromatic rings. The molecule has 3 heterocycles. The summed E-state index contributed by atoms with van der Waals surface area (Å²) in [5.41, 5.74) is 2.40. The lowest BCUT2D eigenvalue weighted by atomic mass is 10.1. The molecule has 3 rings (SSSR count). The maximum absolute atomic E-state index is 5.73. The molecule has 0 bridgehead atoms. The number of nitrogens with zero attached hydrogens (tertiary/aromatic N) is 3. The number of fused-ring (bicyclic) bond motifs is 1. The molecule has 88 valence electrons. The summed E-state index contributed by atoms with van der Waals surface area (Å²) in [7, 11) is 0. The second-order valence-corrected chi connectivity index (χ2v) is 4.56. The van der Waals surface area contributed by atoms with Crippen LogP contribution in [0.1, 0.15) is 12.5 Å². The predicted molar refractivity (Wildman–Crippen MR) is 61.9 cm³/mol. The summed E-state index contributed by atoms with van der Waals surface area (Å²) in [5.74, 6) is 0. The van der Waals surface area contributed by atoms with Crippen LogP contribution in [0.4, 0.5) is 0 Å². The molecule has 1 aliphatic heterocycles. The molecule has 1 aliphatic rings. The smallest absolute Gasteiger partial charge is 0.317 e. The Hall–Kier alpha value is -1.75. The molecule has 0 spiro atoms. The third-order valence-corrected chi connectivity index (χ3v) is 2.81. The van der Waals surface area contributed by atoms with E-state index in [1.165, 1.54) is 0 Å². The highest BCUT2D eigenvalue weighted by molar-refractivity contribution is 5.76. The monoisotopic (exact) mass is 231 g/mol. The zero-order chi connectivity index (χ0) is 11.9. The number of aryl methyl sites for hydroxylation is 1. The van der Waals surface area contributed by atoms with Crippen LogP contribution in [0.25, 0.3) is 11.0 Å². The van der Waals surface area contributed by atoms with Gasteiger partial charge in [0.2, 0.25) is 0 Å². The molecule has 5 heteroatoms. The molecule has 0 radical (unpaired) electrons. The van der Waals surface area contributed by atoms with Crippen molar-refractivity contribution in [2.45, 2.75) is 19.4 Å². The largest absolute Gasteiger partial charge is 0.452 e. The van der Waals surface area contributed by atoms with Crippen LogP contribution in [0.2, 0.25) is 0 Å². The van der Waals surface area contributed by atoms with Crippen LogP contribution in [-0.2, 0) is 4.74 Å². The Labute approximate surface area is 98.8 Å². The van der Waals surface area contributed by atoms with Crippen molar-refractivity contribution in [2.75, 3.05) is 13.2 Å². The van der Waals surface area contributed by atoms with Gasteiger partial charge in [-0.2, -0.15) is 4.98 Å². The summed E-state index contributed by atoms with van der Waals surface area (Å²) < 4.78 is 10.9. The molecule has 0 unspecified atom stereocenters. The van der Waals surface area contributed by atoms with Gasteiger partial charge in [0, 0.05) is 6.20 Å². The van der Waals surface area contributed by atoms with Crippen molar-refractivity contribution in [3.63, 3.8) is 0 Å². The molecule has 0 atom stereocenters. The van der Waals surface area contributed by atoms with Crippen molar-refractivity contribution in [3.8, 4) is 6.01 Å². The molecular formula is C12H13N3O2. The zero-order valence-electron chi connectivity index (χ0n) is 9.80. The van der Waals surface area contributed by atoms with Gasteiger partial charge in [0.1, 0.15) is 5.52 Å². The fourth-order valence-corrected chi connectivity index (χ4v) is 1.77. The average Bonchev–Trinajstić information content (AvgIpc) is 2.28. The van der Waals surface area contributed by atoms with Gasteiger partial charge >= 0.3 is 6.01 Å². The van der Waals surface area contributed by atoms with Crippen molar-refractivity contribution in [2.24, 2.45) is 0 Å². The highest BCUT2D eigenvalue weighted by Crippen LogP contribution is 2.23. The summed E-state index contributed by atoms with van der Waals surface area (Å²) in [6, 6.07) is 2.31. The third-order valence-electron chi connectivity index (χ3n) is 2.81.